The first-order valence-corrected chi connectivity index (χ1v) is 7.01. The van der Waals surface area contributed by atoms with Crippen LogP contribution in [-0.4, -0.2) is 17.8 Å². The van der Waals surface area contributed by atoms with Crippen LogP contribution in [0.4, 0.5) is 18.9 Å². The third kappa shape index (κ3) is 3.92. The second-order valence-electron chi connectivity index (χ2n) is 5.05. The summed E-state index contributed by atoms with van der Waals surface area (Å²) in [6.07, 6.45) is -1.03. The van der Waals surface area contributed by atoms with Crippen LogP contribution in [0, 0.1) is 17.5 Å². The fourth-order valence-electron chi connectivity index (χ4n) is 1.88. The van der Waals surface area contributed by atoms with Crippen LogP contribution in [0.5, 0.6) is 5.75 Å². The highest BCUT2D eigenvalue weighted by atomic mass is 19.2. The zero-order valence-electron chi connectivity index (χ0n) is 12.9. The van der Waals surface area contributed by atoms with Crippen molar-refractivity contribution in [2.75, 3.05) is 5.32 Å². The number of halogens is 3. The minimum Gasteiger partial charge on any atom is -0.481 e. The van der Waals surface area contributed by atoms with Crippen LogP contribution in [0.2, 0.25) is 0 Å². The standard InChI is InChI=1S/C17H14F3NO3/c1-9(22)11-3-5-12(6-4-11)24-10(2)17(23)21-14-8-7-13(18)15(19)16(14)20/h3-8,10H,1-2H3,(H,21,23)/t10-/m0/s1. The van der Waals surface area contributed by atoms with Gasteiger partial charge in [-0.05, 0) is 50.2 Å². The number of hydrogen-bond donors (Lipinski definition) is 1. The van der Waals surface area contributed by atoms with Crippen molar-refractivity contribution in [1.82, 2.24) is 0 Å². The van der Waals surface area contributed by atoms with E-state index in [0.29, 0.717) is 17.4 Å². The highest BCUT2D eigenvalue weighted by Gasteiger charge is 2.19. The molecular formula is C17H14F3NO3. The van der Waals surface area contributed by atoms with E-state index in [-0.39, 0.29) is 5.78 Å². The zero-order valence-corrected chi connectivity index (χ0v) is 12.9. The van der Waals surface area contributed by atoms with Gasteiger partial charge in [0, 0.05) is 5.56 Å². The van der Waals surface area contributed by atoms with Crippen LogP contribution in [0.1, 0.15) is 24.2 Å². The molecule has 0 heterocycles. The number of Topliss-reactive ketones (excluding diaryl/α,β-unsaturated/α-hetero) is 1. The SMILES string of the molecule is CC(=O)c1ccc(O[C@@H](C)C(=O)Nc2ccc(F)c(F)c2F)cc1. The molecule has 0 fully saturated rings. The van der Waals surface area contributed by atoms with E-state index >= 15 is 0 Å². The molecule has 7 heteroatoms. The number of hydrogen-bond acceptors (Lipinski definition) is 3. The number of rotatable bonds is 5. The Balaban J connectivity index is 2.04. The lowest BCUT2D eigenvalue weighted by molar-refractivity contribution is -0.122. The van der Waals surface area contributed by atoms with Gasteiger partial charge < -0.3 is 10.1 Å². The Morgan fingerprint density at radius 3 is 2.21 bits per heavy atom. The normalized spacial score (nSPS) is 11.7. The summed E-state index contributed by atoms with van der Waals surface area (Å²) in [4.78, 5) is 23.1. The van der Waals surface area contributed by atoms with Crippen molar-refractivity contribution in [2.24, 2.45) is 0 Å². The fourth-order valence-corrected chi connectivity index (χ4v) is 1.88. The van der Waals surface area contributed by atoms with Gasteiger partial charge >= 0.3 is 0 Å². The number of carbonyl (C=O) groups is 2. The first-order valence-electron chi connectivity index (χ1n) is 7.01. The van der Waals surface area contributed by atoms with Crippen LogP contribution < -0.4 is 10.1 Å². The molecule has 1 N–H and O–H groups in total. The van der Waals surface area contributed by atoms with Crippen molar-refractivity contribution < 1.29 is 27.5 Å². The molecule has 1 atom stereocenters. The predicted octanol–water partition coefficient (Wildman–Crippen LogP) is 3.71. The third-order valence-corrected chi connectivity index (χ3v) is 3.24. The van der Waals surface area contributed by atoms with Crippen LogP contribution in [0.25, 0.3) is 0 Å². The molecule has 1 amide bonds. The molecule has 0 aliphatic carbocycles. The fraction of sp³-hybridized carbons (Fsp3) is 0.176. The molecule has 0 saturated carbocycles. The number of carbonyl (C=O) groups excluding carboxylic acids is 2. The minimum absolute atomic E-state index is 0.110. The monoisotopic (exact) mass is 337 g/mol. The highest BCUT2D eigenvalue weighted by Crippen LogP contribution is 2.20. The third-order valence-electron chi connectivity index (χ3n) is 3.24. The number of ether oxygens (including phenoxy) is 1. The Bertz CT molecular complexity index is 775. The summed E-state index contributed by atoms with van der Waals surface area (Å²) >= 11 is 0. The van der Waals surface area contributed by atoms with E-state index in [1.54, 1.807) is 0 Å². The summed E-state index contributed by atoms with van der Waals surface area (Å²) in [7, 11) is 0. The van der Waals surface area contributed by atoms with Gasteiger partial charge in [-0.1, -0.05) is 0 Å². The Morgan fingerprint density at radius 2 is 1.62 bits per heavy atom. The average Bonchev–Trinajstić information content (AvgIpc) is 2.55. The molecular weight excluding hydrogens is 323 g/mol. The van der Waals surface area contributed by atoms with Gasteiger partial charge in [0.15, 0.2) is 29.3 Å². The van der Waals surface area contributed by atoms with Crippen molar-refractivity contribution in [3.05, 3.63) is 59.4 Å². The number of benzene rings is 2. The first kappa shape index (κ1) is 17.5. The number of amides is 1. The second kappa shape index (κ2) is 7.16. The minimum atomic E-state index is -1.67. The highest BCUT2D eigenvalue weighted by molar-refractivity contribution is 5.95. The maximum Gasteiger partial charge on any atom is 0.265 e. The Kier molecular flexibility index (Phi) is 5.23. The van der Waals surface area contributed by atoms with Gasteiger partial charge in [0.1, 0.15) is 5.75 Å². The number of ketones is 1. The van der Waals surface area contributed by atoms with Gasteiger partial charge in [-0.2, -0.15) is 0 Å². The van der Waals surface area contributed by atoms with Gasteiger partial charge in [0.05, 0.1) is 5.69 Å². The lowest BCUT2D eigenvalue weighted by Crippen LogP contribution is -2.30. The Hall–Kier alpha value is -2.83. The van der Waals surface area contributed by atoms with Crippen molar-refractivity contribution in [1.29, 1.82) is 0 Å². The van der Waals surface area contributed by atoms with Gasteiger partial charge in [0.2, 0.25) is 0 Å². The molecule has 0 radical (unpaired) electrons. The lowest BCUT2D eigenvalue weighted by Gasteiger charge is -2.15. The quantitative estimate of drug-likeness (QED) is 0.668. The maximum absolute atomic E-state index is 13.5. The summed E-state index contributed by atoms with van der Waals surface area (Å²) in [5.74, 6) is -5.02. The Labute approximate surface area is 136 Å². The molecule has 2 aromatic rings. The summed E-state index contributed by atoms with van der Waals surface area (Å²) in [5.41, 5.74) is 0.00425. The van der Waals surface area contributed by atoms with Crippen LogP contribution in [0.3, 0.4) is 0 Å². The molecule has 0 saturated heterocycles. The summed E-state index contributed by atoms with van der Waals surface area (Å²) < 4.78 is 44.9. The van der Waals surface area contributed by atoms with E-state index in [1.807, 2.05) is 0 Å². The van der Waals surface area contributed by atoms with Crippen LogP contribution in [0.15, 0.2) is 36.4 Å². The summed E-state index contributed by atoms with van der Waals surface area (Å²) in [5, 5.41) is 2.13. The van der Waals surface area contributed by atoms with Crippen molar-refractivity contribution in [3.8, 4) is 5.75 Å². The van der Waals surface area contributed by atoms with Crippen molar-refractivity contribution in [3.63, 3.8) is 0 Å². The van der Waals surface area contributed by atoms with Crippen molar-refractivity contribution >= 4 is 17.4 Å². The molecule has 0 aliphatic rings. The second-order valence-corrected chi connectivity index (χ2v) is 5.05. The van der Waals surface area contributed by atoms with E-state index < -0.39 is 35.2 Å². The van der Waals surface area contributed by atoms with E-state index in [1.165, 1.54) is 38.1 Å². The molecule has 4 nitrogen and oxygen atoms in total. The maximum atomic E-state index is 13.5. The number of anilines is 1. The smallest absolute Gasteiger partial charge is 0.265 e. The molecule has 2 aromatic carbocycles. The lowest BCUT2D eigenvalue weighted by atomic mass is 10.1. The Morgan fingerprint density at radius 1 is 1.00 bits per heavy atom. The van der Waals surface area contributed by atoms with E-state index in [9.17, 15) is 22.8 Å². The summed E-state index contributed by atoms with van der Waals surface area (Å²) in [6.45, 7) is 2.83. The molecule has 126 valence electrons. The van der Waals surface area contributed by atoms with Gasteiger partial charge in [-0.25, -0.2) is 13.2 Å². The largest absolute Gasteiger partial charge is 0.481 e. The molecule has 24 heavy (non-hydrogen) atoms. The summed E-state index contributed by atoms with van der Waals surface area (Å²) in [6, 6.07) is 7.73. The molecule has 0 bridgehead atoms. The predicted molar refractivity (Wildman–Crippen MR) is 81.5 cm³/mol. The molecule has 0 unspecified atom stereocenters. The molecule has 0 aromatic heterocycles. The molecule has 0 spiro atoms. The molecule has 2 rings (SSSR count). The first-order chi connectivity index (χ1) is 11.3. The van der Waals surface area contributed by atoms with Crippen LogP contribution >= 0.6 is 0 Å². The molecule has 0 aliphatic heterocycles. The van der Waals surface area contributed by atoms with Gasteiger partial charge in [-0.15, -0.1) is 0 Å². The van der Waals surface area contributed by atoms with Crippen LogP contribution in [-0.2, 0) is 4.79 Å². The topological polar surface area (TPSA) is 55.4 Å². The van der Waals surface area contributed by atoms with Gasteiger partial charge in [-0.3, -0.25) is 9.59 Å². The van der Waals surface area contributed by atoms with E-state index in [0.717, 1.165) is 6.07 Å². The average molecular weight is 337 g/mol. The van der Waals surface area contributed by atoms with E-state index in [2.05, 4.69) is 5.32 Å². The van der Waals surface area contributed by atoms with E-state index in [4.69, 9.17) is 4.74 Å². The number of nitrogens with one attached hydrogen (secondary N) is 1. The van der Waals surface area contributed by atoms with Gasteiger partial charge in [0.25, 0.3) is 5.91 Å². The zero-order chi connectivity index (χ0) is 17.9. The van der Waals surface area contributed by atoms with Crippen molar-refractivity contribution in [2.45, 2.75) is 20.0 Å².